The van der Waals surface area contributed by atoms with Gasteiger partial charge in [0.1, 0.15) is 5.69 Å². The van der Waals surface area contributed by atoms with Crippen LogP contribution in [0.15, 0.2) is 30.5 Å². The molecule has 0 aliphatic carbocycles. The lowest BCUT2D eigenvalue weighted by atomic mass is 9.86. The van der Waals surface area contributed by atoms with Crippen molar-refractivity contribution in [2.75, 3.05) is 6.54 Å². The summed E-state index contributed by atoms with van der Waals surface area (Å²) in [4.78, 5) is 24.3. The summed E-state index contributed by atoms with van der Waals surface area (Å²) >= 11 is 0. The second kappa shape index (κ2) is 10.7. The number of nitrogens with zero attached hydrogens (tertiary/aromatic N) is 3. The summed E-state index contributed by atoms with van der Waals surface area (Å²) < 4.78 is 15.0. The zero-order valence-electron chi connectivity index (χ0n) is 19.9. The maximum atomic E-state index is 13.5. The molecule has 0 radical (unpaired) electrons. The van der Waals surface area contributed by atoms with E-state index in [1.165, 1.54) is 10.9 Å². The molecule has 176 valence electrons. The molecule has 0 bridgehead atoms. The summed E-state index contributed by atoms with van der Waals surface area (Å²) in [6.07, 6.45) is 4.09. The zero-order chi connectivity index (χ0) is 24.1. The monoisotopic (exact) mass is 445 g/mol. The minimum absolute atomic E-state index is 0.0621. The molecule has 0 saturated carbocycles. The van der Waals surface area contributed by atoms with Crippen LogP contribution in [0, 0.1) is 11.2 Å². The molecule has 1 fully saturated rings. The highest BCUT2D eigenvalue weighted by atomic mass is 19.1. The molecule has 2 aromatic rings. The van der Waals surface area contributed by atoms with Gasteiger partial charge in [-0.25, -0.2) is 4.39 Å². The maximum Gasteiger partial charge on any atom is 0.240 e. The molecule has 0 spiro atoms. The fourth-order valence-corrected chi connectivity index (χ4v) is 3.67. The van der Waals surface area contributed by atoms with Crippen molar-refractivity contribution in [3.63, 3.8) is 0 Å². The van der Waals surface area contributed by atoms with Crippen LogP contribution in [0.2, 0.25) is 0 Å². The summed E-state index contributed by atoms with van der Waals surface area (Å²) in [5.41, 5.74) is 7.99. The van der Waals surface area contributed by atoms with Gasteiger partial charge < -0.3 is 16.0 Å². The molecule has 3 rings (SSSR count). The van der Waals surface area contributed by atoms with E-state index in [0.717, 1.165) is 30.5 Å². The Hall–Kier alpha value is -2.74. The smallest absolute Gasteiger partial charge is 0.240 e. The molecular formula is C24H36FN5O2. The third kappa shape index (κ3) is 6.16. The second-order valence-corrected chi connectivity index (χ2v) is 9.46. The van der Waals surface area contributed by atoms with Crippen LogP contribution in [-0.4, -0.2) is 45.6 Å². The van der Waals surface area contributed by atoms with Gasteiger partial charge in [0.15, 0.2) is 5.82 Å². The quantitative estimate of drug-likeness (QED) is 0.690. The molecule has 32 heavy (non-hydrogen) atoms. The highest BCUT2D eigenvalue weighted by Crippen LogP contribution is 2.24. The molecule has 1 saturated heterocycles. The van der Waals surface area contributed by atoms with Gasteiger partial charge in [-0.1, -0.05) is 45.0 Å². The summed E-state index contributed by atoms with van der Waals surface area (Å²) in [6, 6.07) is 7.30. The summed E-state index contributed by atoms with van der Waals surface area (Å²) in [5.74, 6) is -0.230. The zero-order valence-corrected chi connectivity index (χ0v) is 19.9. The number of benzene rings is 1. The van der Waals surface area contributed by atoms with E-state index in [1.54, 1.807) is 7.05 Å². The largest absolute Gasteiger partial charge is 0.352 e. The maximum absolute atomic E-state index is 13.5. The fraction of sp³-hybridized carbons (Fsp3) is 0.542. The van der Waals surface area contributed by atoms with Crippen molar-refractivity contribution in [1.29, 1.82) is 0 Å². The number of aryl methyl sites for hydroxylation is 1. The van der Waals surface area contributed by atoms with Gasteiger partial charge in [-0.15, -0.1) is 0 Å². The Morgan fingerprint density at radius 3 is 2.38 bits per heavy atom. The molecule has 3 N–H and O–H groups in total. The number of nitrogens with one attached hydrogen (secondary N) is 1. The van der Waals surface area contributed by atoms with Crippen LogP contribution in [0.25, 0.3) is 11.3 Å². The van der Waals surface area contributed by atoms with Gasteiger partial charge in [-0.2, -0.15) is 5.10 Å². The Kier molecular flexibility index (Phi) is 8.55. The fourth-order valence-electron chi connectivity index (χ4n) is 3.67. The summed E-state index contributed by atoms with van der Waals surface area (Å²) in [5, 5.41) is 6.53. The number of carbonyl (C=O) groups excluding carboxylic acids is 2. The molecule has 1 aliphatic rings. The van der Waals surface area contributed by atoms with Gasteiger partial charge in [-0.3, -0.25) is 14.3 Å². The van der Waals surface area contributed by atoms with E-state index < -0.39 is 0 Å². The number of hydrogen-bond donors (Lipinski definition) is 2. The lowest BCUT2D eigenvalue weighted by Crippen LogP contribution is -2.51. The van der Waals surface area contributed by atoms with Crippen molar-refractivity contribution in [1.82, 2.24) is 20.0 Å². The predicted octanol–water partition coefficient (Wildman–Crippen LogP) is 3.40. The van der Waals surface area contributed by atoms with Crippen LogP contribution in [0.1, 0.15) is 59.1 Å². The van der Waals surface area contributed by atoms with Crippen LogP contribution in [0.3, 0.4) is 0 Å². The first kappa shape index (κ1) is 25.5. The topological polar surface area (TPSA) is 93.2 Å². The molecule has 2 heterocycles. The average molecular weight is 446 g/mol. The standard InChI is InChI=1S/C13H14FN3O.C11H22N2O/c1-9(15-8-18)10-3-5-11(6-4-10)13-12(14)7-16-17(13)2;1-8-6-5-7-13(8)10(14)9(12)11(2,3)4/h3-9H,1-2H3,(H,15,18);8-9H,5-7,12H2,1-4H3. The van der Waals surface area contributed by atoms with Gasteiger partial charge in [0.05, 0.1) is 18.3 Å². The molecule has 7 nitrogen and oxygen atoms in total. The van der Waals surface area contributed by atoms with Gasteiger partial charge in [0, 0.05) is 25.2 Å². The molecule has 1 aromatic heterocycles. The lowest BCUT2D eigenvalue weighted by molar-refractivity contribution is -0.135. The molecular weight excluding hydrogens is 409 g/mol. The number of aromatic nitrogens is 2. The van der Waals surface area contributed by atoms with E-state index in [2.05, 4.69) is 17.3 Å². The predicted molar refractivity (Wildman–Crippen MR) is 124 cm³/mol. The third-order valence-corrected chi connectivity index (χ3v) is 5.93. The number of rotatable bonds is 5. The summed E-state index contributed by atoms with van der Waals surface area (Å²) in [6.45, 7) is 10.9. The Morgan fingerprint density at radius 2 is 1.94 bits per heavy atom. The Bertz CT molecular complexity index is 881. The highest BCUT2D eigenvalue weighted by molar-refractivity contribution is 5.83. The number of hydrogen-bond acceptors (Lipinski definition) is 4. The van der Waals surface area contributed by atoms with Crippen LogP contribution in [-0.2, 0) is 16.6 Å². The minimum Gasteiger partial charge on any atom is -0.352 e. The average Bonchev–Trinajstić information content (AvgIpc) is 3.31. The molecule has 2 amide bonds. The summed E-state index contributed by atoms with van der Waals surface area (Å²) in [7, 11) is 1.70. The molecule has 3 atom stereocenters. The van der Waals surface area contributed by atoms with Crippen molar-refractivity contribution in [3.8, 4) is 11.3 Å². The van der Waals surface area contributed by atoms with E-state index in [0.29, 0.717) is 18.1 Å². The Labute approximate surface area is 190 Å². The van der Waals surface area contributed by atoms with Crippen molar-refractivity contribution in [2.45, 2.75) is 65.6 Å². The minimum atomic E-state index is -0.372. The Balaban J connectivity index is 0.000000235. The van der Waals surface area contributed by atoms with Gasteiger partial charge in [0.25, 0.3) is 0 Å². The SMILES string of the molecule is CC(NC=O)c1ccc(-c2c(F)cnn2C)cc1.CC1CCCN1C(=O)C(N)C(C)(C)C. The number of likely N-dealkylation sites (tertiary alicyclic amines) is 1. The number of carbonyl (C=O) groups is 2. The van der Waals surface area contributed by atoms with Crippen LogP contribution in [0.5, 0.6) is 0 Å². The van der Waals surface area contributed by atoms with Crippen LogP contribution < -0.4 is 11.1 Å². The van der Waals surface area contributed by atoms with Crippen molar-refractivity contribution in [3.05, 3.63) is 41.8 Å². The first-order valence-electron chi connectivity index (χ1n) is 11.0. The van der Waals surface area contributed by atoms with Crippen LogP contribution >= 0.6 is 0 Å². The van der Waals surface area contributed by atoms with Gasteiger partial charge in [0.2, 0.25) is 12.3 Å². The third-order valence-electron chi connectivity index (χ3n) is 5.93. The van der Waals surface area contributed by atoms with E-state index in [4.69, 9.17) is 5.73 Å². The first-order valence-corrected chi connectivity index (χ1v) is 11.0. The van der Waals surface area contributed by atoms with Crippen molar-refractivity contribution in [2.24, 2.45) is 18.2 Å². The van der Waals surface area contributed by atoms with E-state index in [-0.39, 0.29) is 29.2 Å². The molecule has 1 aliphatic heterocycles. The number of nitrogens with two attached hydrogens (primary N) is 1. The lowest BCUT2D eigenvalue weighted by Gasteiger charge is -2.31. The molecule has 1 aromatic carbocycles. The number of halogens is 1. The van der Waals surface area contributed by atoms with Crippen molar-refractivity contribution < 1.29 is 14.0 Å². The normalized spacial score (nSPS) is 17.9. The van der Waals surface area contributed by atoms with E-state index in [9.17, 15) is 14.0 Å². The Morgan fingerprint density at radius 1 is 1.31 bits per heavy atom. The van der Waals surface area contributed by atoms with Crippen molar-refractivity contribution >= 4 is 12.3 Å². The molecule has 3 unspecified atom stereocenters. The highest BCUT2D eigenvalue weighted by Gasteiger charge is 2.34. The second-order valence-electron chi connectivity index (χ2n) is 9.46. The van der Waals surface area contributed by atoms with E-state index in [1.807, 2.05) is 56.9 Å². The van der Waals surface area contributed by atoms with Gasteiger partial charge >= 0.3 is 0 Å². The van der Waals surface area contributed by atoms with Crippen LogP contribution in [0.4, 0.5) is 4.39 Å². The van der Waals surface area contributed by atoms with E-state index >= 15 is 0 Å². The van der Waals surface area contributed by atoms with Gasteiger partial charge in [-0.05, 0) is 37.7 Å². The first-order chi connectivity index (χ1) is 15.0. The number of amides is 2. The molecule has 8 heteroatoms.